The maximum atomic E-state index is 6.30. The van der Waals surface area contributed by atoms with E-state index in [1.165, 1.54) is 11.1 Å². The Morgan fingerprint density at radius 3 is 2.76 bits per heavy atom. The summed E-state index contributed by atoms with van der Waals surface area (Å²) in [5, 5.41) is 1.31. The molecule has 3 aromatic rings. The lowest BCUT2D eigenvalue weighted by atomic mass is 10.1. The number of hydrogen-bond acceptors (Lipinski definition) is 3. The number of halogens is 2. The summed E-state index contributed by atoms with van der Waals surface area (Å²) in [6.45, 7) is 1.33. The molecule has 0 bridgehead atoms. The van der Waals surface area contributed by atoms with Gasteiger partial charge in [-0.05, 0) is 35.4 Å². The van der Waals surface area contributed by atoms with Crippen molar-refractivity contribution in [3.63, 3.8) is 0 Å². The molecule has 0 radical (unpaired) electrons. The Kier molecular flexibility index (Phi) is 3.17. The van der Waals surface area contributed by atoms with E-state index < -0.39 is 0 Å². The Morgan fingerprint density at radius 1 is 1.00 bits per heavy atom. The van der Waals surface area contributed by atoms with Crippen molar-refractivity contribution in [3.8, 4) is 11.4 Å². The predicted octanol–water partition coefficient (Wildman–Crippen LogP) is 4.74. The lowest BCUT2D eigenvalue weighted by molar-refractivity contribution is 0.134. The standard InChI is InChI=1S/C16H10BrClN2O/c17-12-3-4-14-13(6-12)15(18)20-16(19-14)9-1-2-10-7-21-8-11(10)5-9/h1-6H,7-8H2. The highest BCUT2D eigenvalue weighted by molar-refractivity contribution is 9.10. The lowest BCUT2D eigenvalue weighted by Gasteiger charge is -2.06. The zero-order valence-corrected chi connectivity index (χ0v) is 13.3. The van der Waals surface area contributed by atoms with Gasteiger partial charge >= 0.3 is 0 Å². The Balaban J connectivity index is 1.89. The van der Waals surface area contributed by atoms with Crippen LogP contribution in [0.4, 0.5) is 0 Å². The first-order valence-corrected chi connectivity index (χ1v) is 7.70. The molecule has 0 unspecified atom stereocenters. The monoisotopic (exact) mass is 360 g/mol. The minimum Gasteiger partial charge on any atom is -0.372 e. The molecule has 0 N–H and O–H groups in total. The zero-order valence-electron chi connectivity index (χ0n) is 10.9. The smallest absolute Gasteiger partial charge is 0.161 e. The van der Waals surface area contributed by atoms with Crippen LogP contribution in [0.2, 0.25) is 5.15 Å². The molecule has 1 aliphatic heterocycles. The fourth-order valence-electron chi connectivity index (χ4n) is 2.50. The second-order valence-corrected chi connectivity index (χ2v) is 6.25. The van der Waals surface area contributed by atoms with Gasteiger partial charge in [0.25, 0.3) is 0 Å². The Labute approximate surface area is 135 Å². The van der Waals surface area contributed by atoms with Crippen molar-refractivity contribution >= 4 is 38.4 Å². The van der Waals surface area contributed by atoms with Crippen LogP contribution in [-0.4, -0.2) is 9.97 Å². The molecule has 5 heteroatoms. The predicted molar refractivity (Wildman–Crippen MR) is 86.2 cm³/mol. The zero-order chi connectivity index (χ0) is 14.4. The SMILES string of the molecule is Clc1nc(-c2ccc3c(c2)COC3)nc2ccc(Br)cc12. The van der Waals surface area contributed by atoms with E-state index >= 15 is 0 Å². The summed E-state index contributed by atoms with van der Waals surface area (Å²) in [6, 6.07) is 12.0. The molecule has 3 nitrogen and oxygen atoms in total. The quantitative estimate of drug-likeness (QED) is 0.587. The number of rotatable bonds is 1. The Morgan fingerprint density at radius 2 is 1.86 bits per heavy atom. The molecule has 0 spiro atoms. The van der Waals surface area contributed by atoms with Crippen LogP contribution in [0, 0.1) is 0 Å². The largest absolute Gasteiger partial charge is 0.372 e. The highest BCUT2D eigenvalue weighted by atomic mass is 79.9. The van der Waals surface area contributed by atoms with Crippen LogP contribution in [0.3, 0.4) is 0 Å². The van der Waals surface area contributed by atoms with Crippen molar-refractivity contribution in [3.05, 3.63) is 57.2 Å². The number of fused-ring (bicyclic) bond motifs is 2. The summed E-state index contributed by atoms with van der Waals surface area (Å²) in [4.78, 5) is 9.05. The van der Waals surface area contributed by atoms with Gasteiger partial charge in [-0.25, -0.2) is 9.97 Å². The van der Waals surface area contributed by atoms with E-state index in [9.17, 15) is 0 Å². The van der Waals surface area contributed by atoms with Crippen molar-refractivity contribution in [1.82, 2.24) is 9.97 Å². The minimum absolute atomic E-state index is 0.466. The third-order valence-electron chi connectivity index (χ3n) is 3.59. The maximum Gasteiger partial charge on any atom is 0.161 e. The molecule has 0 amide bonds. The van der Waals surface area contributed by atoms with Crippen LogP contribution in [0.1, 0.15) is 11.1 Å². The van der Waals surface area contributed by atoms with Crippen LogP contribution in [-0.2, 0) is 18.0 Å². The third kappa shape index (κ3) is 2.33. The minimum atomic E-state index is 0.466. The van der Waals surface area contributed by atoms with Gasteiger partial charge in [0.2, 0.25) is 0 Å². The normalized spacial score (nSPS) is 13.6. The lowest BCUT2D eigenvalue weighted by Crippen LogP contribution is -1.93. The van der Waals surface area contributed by atoms with Gasteiger partial charge in [-0.1, -0.05) is 39.7 Å². The summed E-state index contributed by atoms with van der Waals surface area (Å²) < 4.78 is 6.40. The molecule has 1 aliphatic rings. The number of hydrogen-bond donors (Lipinski definition) is 0. The molecule has 0 saturated heterocycles. The second-order valence-electron chi connectivity index (χ2n) is 4.98. The van der Waals surface area contributed by atoms with Gasteiger partial charge in [0.1, 0.15) is 5.15 Å². The molecule has 0 fully saturated rings. The van der Waals surface area contributed by atoms with E-state index in [1.807, 2.05) is 24.3 Å². The number of aromatic nitrogens is 2. The van der Waals surface area contributed by atoms with Gasteiger partial charge in [-0.15, -0.1) is 0 Å². The fraction of sp³-hybridized carbons (Fsp3) is 0.125. The van der Waals surface area contributed by atoms with E-state index in [0.29, 0.717) is 24.2 Å². The topological polar surface area (TPSA) is 35.0 Å². The maximum absolute atomic E-state index is 6.30. The van der Waals surface area contributed by atoms with Crippen molar-refractivity contribution in [1.29, 1.82) is 0 Å². The Hall–Kier alpha value is -1.49. The molecule has 21 heavy (non-hydrogen) atoms. The molecule has 0 saturated carbocycles. The van der Waals surface area contributed by atoms with Gasteiger partial charge in [0.05, 0.1) is 18.7 Å². The van der Waals surface area contributed by atoms with Crippen LogP contribution in [0.15, 0.2) is 40.9 Å². The average molecular weight is 362 g/mol. The van der Waals surface area contributed by atoms with E-state index in [4.69, 9.17) is 16.3 Å². The first-order valence-electron chi connectivity index (χ1n) is 6.53. The fourth-order valence-corrected chi connectivity index (χ4v) is 3.10. The highest BCUT2D eigenvalue weighted by Gasteiger charge is 2.14. The van der Waals surface area contributed by atoms with Crippen LogP contribution in [0.25, 0.3) is 22.3 Å². The van der Waals surface area contributed by atoms with Crippen LogP contribution < -0.4 is 0 Å². The van der Waals surface area contributed by atoms with Gasteiger partial charge in [0, 0.05) is 15.4 Å². The number of ether oxygens (including phenoxy) is 1. The molecule has 4 rings (SSSR count). The van der Waals surface area contributed by atoms with Crippen LogP contribution in [0.5, 0.6) is 0 Å². The third-order valence-corrected chi connectivity index (χ3v) is 4.37. The summed E-state index contributed by atoms with van der Waals surface area (Å²) >= 11 is 9.74. The van der Waals surface area contributed by atoms with E-state index in [2.05, 4.69) is 38.0 Å². The molecule has 2 aromatic carbocycles. The van der Waals surface area contributed by atoms with Gasteiger partial charge in [-0.2, -0.15) is 0 Å². The summed E-state index contributed by atoms with van der Waals surface area (Å²) in [7, 11) is 0. The summed E-state index contributed by atoms with van der Waals surface area (Å²) in [5.41, 5.74) is 4.23. The summed E-state index contributed by atoms with van der Waals surface area (Å²) in [5.74, 6) is 0.643. The van der Waals surface area contributed by atoms with Crippen molar-refractivity contribution in [2.75, 3.05) is 0 Å². The molecular weight excluding hydrogens is 352 g/mol. The number of nitrogens with zero attached hydrogens (tertiary/aromatic N) is 2. The molecular formula is C16H10BrClN2O. The van der Waals surface area contributed by atoms with E-state index in [1.54, 1.807) is 0 Å². The van der Waals surface area contributed by atoms with Crippen LogP contribution >= 0.6 is 27.5 Å². The highest BCUT2D eigenvalue weighted by Crippen LogP contribution is 2.29. The molecule has 2 heterocycles. The first-order chi connectivity index (χ1) is 10.2. The molecule has 1 aromatic heterocycles. The van der Waals surface area contributed by atoms with E-state index in [0.717, 1.165) is 20.9 Å². The molecule has 0 atom stereocenters. The van der Waals surface area contributed by atoms with E-state index in [-0.39, 0.29) is 0 Å². The van der Waals surface area contributed by atoms with Crippen molar-refractivity contribution < 1.29 is 4.74 Å². The first kappa shape index (κ1) is 13.2. The van der Waals surface area contributed by atoms with Gasteiger partial charge < -0.3 is 4.74 Å². The average Bonchev–Trinajstić information content (AvgIpc) is 2.95. The van der Waals surface area contributed by atoms with Gasteiger partial charge in [0.15, 0.2) is 5.82 Å². The molecule has 0 aliphatic carbocycles. The van der Waals surface area contributed by atoms with Crippen molar-refractivity contribution in [2.45, 2.75) is 13.2 Å². The summed E-state index contributed by atoms with van der Waals surface area (Å²) in [6.07, 6.45) is 0. The van der Waals surface area contributed by atoms with Gasteiger partial charge in [-0.3, -0.25) is 0 Å². The molecule has 104 valence electrons. The number of benzene rings is 2. The van der Waals surface area contributed by atoms with Crippen molar-refractivity contribution in [2.24, 2.45) is 0 Å². The second kappa shape index (κ2) is 5.05. The Bertz CT molecular complexity index is 866.